The molecule has 9 rings (SSSR count). The summed E-state index contributed by atoms with van der Waals surface area (Å²) in [5, 5.41) is 2.35. The summed E-state index contributed by atoms with van der Waals surface area (Å²) >= 11 is 0. The maximum Gasteiger partial charge on any atom is 0.114 e. The van der Waals surface area contributed by atoms with Crippen molar-refractivity contribution in [3.63, 3.8) is 0 Å². The number of fused-ring (bicyclic) bond motifs is 4. The zero-order valence-electron chi connectivity index (χ0n) is 33.6. The Bertz CT molecular complexity index is 2960. The van der Waals surface area contributed by atoms with Gasteiger partial charge in [0.2, 0.25) is 0 Å². The Balaban J connectivity index is 1.46. The van der Waals surface area contributed by atoms with E-state index in [-0.39, 0.29) is 45.7 Å². The van der Waals surface area contributed by atoms with E-state index in [1.807, 2.05) is 115 Å². The Morgan fingerprint density at radius 2 is 1.06 bits per heavy atom. The standard InChI is InChI=1S/C45H32N2/c1-2-43-46-40-22-12-13-23-42(40)47(43)41-29-28-39(33-16-6-7-17-34(33)41)45-37-20-10-8-18-35(37)44(36-19-9-11-21-38(36)45)32-26-24-31(25-27-32)30-14-4-3-5-15-30/h3-29H,2H2,1H3/i8D,9D,10D,11D,18D,19D,20D,21D. The first-order chi connectivity index (χ1) is 26.6. The number of para-hydroxylation sites is 2. The van der Waals surface area contributed by atoms with Crippen LogP contribution in [0.1, 0.15) is 23.7 Å². The maximum atomic E-state index is 9.43. The lowest BCUT2D eigenvalue weighted by atomic mass is 9.84. The fourth-order valence-electron chi connectivity index (χ4n) is 6.92. The molecule has 0 fully saturated rings. The van der Waals surface area contributed by atoms with E-state index in [4.69, 9.17) is 10.5 Å². The molecule has 0 radical (unpaired) electrons. The van der Waals surface area contributed by atoms with E-state index in [2.05, 4.69) is 11.5 Å². The lowest BCUT2D eigenvalue weighted by Gasteiger charge is -2.20. The van der Waals surface area contributed by atoms with Crippen molar-refractivity contribution in [2.75, 3.05) is 0 Å². The summed E-state index contributed by atoms with van der Waals surface area (Å²) in [5.41, 5.74) is 6.40. The minimum atomic E-state index is -0.428. The Kier molecular flexibility index (Phi) is 4.78. The van der Waals surface area contributed by atoms with Gasteiger partial charge in [-0.25, -0.2) is 4.98 Å². The van der Waals surface area contributed by atoms with Gasteiger partial charge in [-0.2, -0.15) is 0 Å². The van der Waals surface area contributed by atoms with Crippen LogP contribution in [0.25, 0.3) is 82.4 Å². The highest BCUT2D eigenvalue weighted by Gasteiger charge is 2.20. The highest BCUT2D eigenvalue weighted by molar-refractivity contribution is 6.23. The Morgan fingerprint density at radius 3 is 1.74 bits per heavy atom. The van der Waals surface area contributed by atoms with Crippen molar-refractivity contribution in [3.05, 3.63) is 169 Å². The molecule has 9 aromatic rings. The lowest BCUT2D eigenvalue weighted by molar-refractivity contribution is 0.913. The lowest BCUT2D eigenvalue weighted by Crippen LogP contribution is -2.01. The van der Waals surface area contributed by atoms with Crippen LogP contribution < -0.4 is 0 Å². The molecule has 1 aromatic heterocycles. The Morgan fingerprint density at radius 1 is 0.511 bits per heavy atom. The molecule has 0 aliphatic rings. The van der Waals surface area contributed by atoms with Gasteiger partial charge in [-0.15, -0.1) is 0 Å². The van der Waals surface area contributed by atoms with E-state index in [9.17, 15) is 5.48 Å². The minimum Gasteiger partial charge on any atom is -0.296 e. The largest absolute Gasteiger partial charge is 0.296 e. The van der Waals surface area contributed by atoms with E-state index >= 15 is 0 Å². The molecular formula is C45H32N2. The maximum absolute atomic E-state index is 9.43. The van der Waals surface area contributed by atoms with Gasteiger partial charge < -0.3 is 0 Å². The van der Waals surface area contributed by atoms with Crippen LogP contribution in [0.15, 0.2) is 164 Å². The average Bonchev–Trinajstić information content (AvgIpc) is 3.61. The van der Waals surface area contributed by atoms with Crippen molar-refractivity contribution in [2.24, 2.45) is 0 Å². The Labute approximate surface area is 285 Å². The number of aryl methyl sites for hydroxylation is 1. The molecule has 2 nitrogen and oxygen atoms in total. The third-order valence-electron chi connectivity index (χ3n) is 9.01. The van der Waals surface area contributed by atoms with Crippen LogP contribution >= 0.6 is 0 Å². The zero-order chi connectivity index (χ0) is 38.3. The summed E-state index contributed by atoms with van der Waals surface area (Å²) in [6.07, 6.45) is 0.681. The molecule has 0 N–H and O–H groups in total. The van der Waals surface area contributed by atoms with Gasteiger partial charge in [-0.05, 0) is 78.5 Å². The fourth-order valence-corrected chi connectivity index (χ4v) is 6.92. The van der Waals surface area contributed by atoms with Crippen molar-refractivity contribution in [1.82, 2.24) is 9.55 Å². The van der Waals surface area contributed by atoms with E-state index in [1.165, 1.54) is 0 Å². The van der Waals surface area contributed by atoms with Gasteiger partial charge in [0.05, 0.1) is 27.7 Å². The fraction of sp³-hybridized carbons (Fsp3) is 0.0444. The molecule has 0 amide bonds. The molecular weight excluding hydrogens is 569 g/mol. The summed E-state index contributed by atoms with van der Waals surface area (Å²) in [5.74, 6) is 0.876. The third kappa shape index (κ3) is 4.37. The predicted octanol–water partition coefficient (Wildman–Crippen LogP) is 12.0. The van der Waals surface area contributed by atoms with Crippen LogP contribution in [-0.4, -0.2) is 9.55 Å². The first-order valence-electron chi connectivity index (χ1n) is 19.7. The van der Waals surface area contributed by atoms with Crippen molar-refractivity contribution in [1.29, 1.82) is 0 Å². The van der Waals surface area contributed by atoms with E-state index in [0.29, 0.717) is 28.7 Å². The number of hydrogen-bond acceptors (Lipinski definition) is 1. The first kappa shape index (κ1) is 20.2. The number of rotatable bonds is 5. The molecule has 0 saturated carbocycles. The Hall–Kier alpha value is -5.99. The van der Waals surface area contributed by atoms with Crippen molar-refractivity contribution in [3.8, 4) is 39.1 Å². The molecule has 0 spiro atoms. The van der Waals surface area contributed by atoms with Crippen molar-refractivity contribution in [2.45, 2.75) is 13.3 Å². The van der Waals surface area contributed by atoms with Gasteiger partial charge in [-0.1, -0.05) is 152 Å². The molecule has 2 heteroatoms. The van der Waals surface area contributed by atoms with Gasteiger partial charge in [0.1, 0.15) is 5.82 Å². The summed E-state index contributed by atoms with van der Waals surface area (Å²) < 4.78 is 75.1. The second kappa shape index (κ2) is 11.1. The first-order valence-corrected chi connectivity index (χ1v) is 15.7. The third-order valence-corrected chi connectivity index (χ3v) is 9.01. The van der Waals surface area contributed by atoms with Gasteiger partial charge in [0.25, 0.3) is 0 Å². The predicted molar refractivity (Wildman–Crippen MR) is 199 cm³/mol. The monoisotopic (exact) mass is 608 g/mol. The van der Waals surface area contributed by atoms with Crippen LogP contribution in [0.4, 0.5) is 0 Å². The highest BCUT2D eigenvalue weighted by Crippen LogP contribution is 2.46. The van der Waals surface area contributed by atoms with Gasteiger partial charge >= 0.3 is 0 Å². The summed E-state index contributed by atoms with van der Waals surface area (Å²) in [4.78, 5) is 4.91. The SMILES string of the molecule is [2H]c1c([2H])c([2H])c2c(-c3ccc(-n4c(CC)nc5ccccc54)c4ccccc34)c3c([2H])c([2H])c([2H])c([2H])c3c(-c3ccc(-c4ccccc4)cc3)c2c1[2H]. The molecule has 222 valence electrons. The number of imidazole rings is 1. The molecule has 0 atom stereocenters. The van der Waals surface area contributed by atoms with Gasteiger partial charge in [-0.3, -0.25) is 4.57 Å². The van der Waals surface area contributed by atoms with Crippen molar-refractivity contribution < 1.29 is 11.0 Å². The number of benzene rings is 8. The summed E-state index contributed by atoms with van der Waals surface area (Å²) in [6.45, 7) is 2.06. The minimum absolute atomic E-state index is 0.186. The zero-order valence-corrected chi connectivity index (χ0v) is 25.6. The average molecular weight is 609 g/mol. The normalized spacial score (nSPS) is 14.0. The summed E-state index contributed by atoms with van der Waals surface area (Å²) in [7, 11) is 0. The van der Waals surface area contributed by atoms with Gasteiger partial charge in [0.15, 0.2) is 0 Å². The number of hydrogen-bond donors (Lipinski definition) is 0. The van der Waals surface area contributed by atoms with Crippen LogP contribution in [0, 0.1) is 0 Å². The summed E-state index contributed by atoms with van der Waals surface area (Å²) in [6, 6.07) is 34.1. The van der Waals surface area contributed by atoms with Crippen LogP contribution in [0.5, 0.6) is 0 Å². The molecule has 0 saturated heterocycles. The second-order valence-electron chi connectivity index (χ2n) is 11.6. The van der Waals surface area contributed by atoms with Crippen LogP contribution in [-0.2, 0) is 6.42 Å². The van der Waals surface area contributed by atoms with Crippen molar-refractivity contribution >= 4 is 43.4 Å². The smallest absolute Gasteiger partial charge is 0.114 e. The van der Waals surface area contributed by atoms with Crippen LogP contribution in [0.3, 0.4) is 0 Å². The molecule has 0 unspecified atom stereocenters. The number of aromatic nitrogens is 2. The quantitative estimate of drug-likeness (QED) is 0.178. The molecule has 47 heavy (non-hydrogen) atoms. The molecule has 0 bridgehead atoms. The molecule has 0 aliphatic carbocycles. The van der Waals surface area contributed by atoms with E-state index < -0.39 is 24.2 Å². The molecule has 0 aliphatic heterocycles. The molecule has 1 heterocycles. The van der Waals surface area contributed by atoms with E-state index in [0.717, 1.165) is 44.4 Å². The van der Waals surface area contributed by atoms with Gasteiger partial charge in [0, 0.05) is 11.8 Å². The topological polar surface area (TPSA) is 17.8 Å². The highest BCUT2D eigenvalue weighted by atomic mass is 15.1. The molecule has 8 aromatic carbocycles. The van der Waals surface area contributed by atoms with Crippen LogP contribution in [0.2, 0.25) is 0 Å². The van der Waals surface area contributed by atoms with E-state index in [1.54, 1.807) is 0 Å². The second-order valence-corrected chi connectivity index (χ2v) is 11.6. The number of nitrogens with zero attached hydrogens (tertiary/aromatic N) is 2.